The van der Waals surface area contributed by atoms with Crippen LogP contribution in [0.1, 0.15) is 21.5 Å². The van der Waals surface area contributed by atoms with Crippen molar-refractivity contribution in [3.8, 4) is 16.9 Å². The number of benzene rings is 3. The zero-order chi connectivity index (χ0) is 21.3. The van der Waals surface area contributed by atoms with Crippen LogP contribution in [0.2, 0.25) is 0 Å². The number of carboxylic acids is 1. The molecule has 1 heterocycles. The molecule has 5 nitrogen and oxygen atoms in total. The lowest BCUT2D eigenvalue weighted by Gasteiger charge is -2.14. The molecular weight excluding hydrogens is 381 g/mol. The number of aromatic nitrogens is 2. The molecule has 6 heteroatoms. The van der Waals surface area contributed by atoms with Gasteiger partial charge in [-0.25, -0.2) is 13.9 Å². The van der Waals surface area contributed by atoms with Gasteiger partial charge in [0.25, 0.3) is 0 Å². The summed E-state index contributed by atoms with van der Waals surface area (Å²) in [7, 11) is 0. The van der Waals surface area contributed by atoms with Crippen LogP contribution in [0.4, 0.5) is 15.9 Å². The molecule has 0 spiro atoms. The van der Waals surface area contributed by atoms with Crippen LogP contribution in [0.3, 0.4) is 0 Å². The number of hydrogen-bond acceptors (Lipinski definition) is 3. The zero-order valence-corrected chi connectivity index (χ0v) is 16.6. The first-order valence-electron chi connectivity index (χ1n) is 9.46. The number of nitrogens with zero attached hydrogens (tertiary/aromatic N) is 2. The SMILES string of the molecule is Cc1ccc(C)c(-n2nc(-c3ccccc3)cc2Nc2cccc(F)c2C(=O)O)c1. The summed E-state index contributed by atoms with van der Waals surface area (Å²) in [6.07, 6.45) is 0. The summed E-state index contributed by atoms with van der Waals surface area (Å²) in [4.78, 5) is 11.6. The number of carboxylic acid groups (broad SMARTS) is 1. The molecule has 0 radical (unpaired) electrons. The lowest BCUT2D eigenvalue weighted by atomic mass is 10.1. The van der Waals surface area contributed by atoms with Crippen molar-refractivity contribution < 1.29 is 14.3 Å². The lowest BCUT2D eigenvalue weighted by molar-refractivity contribution is 0.0693. The Morgan fingerprint density at radius 2 is 1.77 bits per heavy atom. The third-order valence-electron chi connectivity index (χ3n) is 4.86. The molecular formula is C24H20FN3O2. The molecule has 0 amide bonds. The maximum atomic E-state index is 14.2. The number of rotatable bonds is 5. The van der Waals surface area contributed by atoms with Crippen LogP contribution in [0.15, 0.2) is 72.8 Å². The first kappa shape index (κ1) is 19.4. The summed E-state index contributed by atoms with van der Waals surface area (Å²) in [5.74, 6) is -1.60. The van der Waals surface area contributed by atoms with Gasteiger partial charge in [-0.05, 0) is 43.2 Å². The predicted molar refractivity (Wildman–Crippen MR) is 115 cm³/mol. The molecule has 0 saturated heterocycles. The van der Waals surface area contributed by atoms with Gasteiger partial charge in [0, 0.05) is 11.6 Å². The summed E-state index contributed by atoms with van der Waals surface area (Å²) in [6, 6.07) is 21.7. The normalized spacial score (nSPS) is 10.8. The number of carbonyl (C=O) groups is 1. The summed E-state index contributed by atoms with van der Waals surface area (Å²) >= 11 is 0. The van der Waals surface area contributed by atoms with Gasteiger partial charge in [-0.2, -0.15) is 5.10 Å². The summed E-state index contributed by atoms with van der Waals surface area (Å²) < 4.78 is 15.9. The van der Waals surface area contributed by atoms with E-state index in [9.17, 15) is 14.3 Å². The Bertz CT molecular complexity index is 1230. The van der Waals surface area contributed by atoms with Crippen LogP contribution in [0.5, 0.6) is 0 Å². The first-order chi connectivity index (χ1) is 14.4. The molecule has 2 N–H and O–H groups in total. The summed E-state index contributed by atoms with van der Waals surface area (Å²) in [5, 5.41) is 17.3. The van der Waals surface area contributed by atoms with Crippen molar-refractivity contribution in [1.82, 2.24) is 9.78 Å². The minimum atomic E-state index is -1.34. The number of hydrogen-bond donors (Lipinski definition) is 2. The monoisotopic (exact) mass is 401 g/mol. The van der Waals surface area contributed by atoms with E-state index < -0.39 is 17.3 Å². The van der Waals surface area contributed by atoms with Crippen LogP contribution >= 0.6 is 0 Å². The van der Waals surface area contributed by atoms with Crippen molar-refractivity contribution in [1.29, 1.82) is 0 Å². The van der Waals surface area contributed by atoms with Crippen LogP contribution < -0.4 is 5.32 Å². The van der Waals surface area contributed by atoms with Gasteiger partial charge < -0.3 is 10.4 Å². The quantitative estimate of drug-likeness (QED) is 0.448. The van der Waals surface area contributed by atoms with E-state index in [4.69, 9.17) is 5.10 Å². The molecule has 0 saturated carbocycles. The fraction of sp³-hybridized carbons (Fsp3) is 0.0833. The number of aromatic carboxylic acids is 1. The van der Waals surface area contributed by atoms with Gasteiger partial charge in [0.2, 0.25) is 0 Å². The molecule has 3 aromatic carbocycles. The number of anilines is 2. The Labute approximate surface area is 173 Å². The zero-order valence-electron chi connectivity index (χ0n) is 16.6. The van der Waals surface area contributed by atoms with Gasteiger partial charge in [-0.3, -0.25) is 0 Å². The van der Waals surface area contributed by atoms with E-state index in [1.54, 1.807) is 4.68 Å². The second kappa shape index (κ2) is 7.83. The Hall–Kier alpha value is -3.93. The smallest absolute Gasteiger partial charge is 0.340 e. The Balaban J connectivity index is 1.89. The molecule has 1 aromatic heterocycles. The van der Waals surface area contributed by atoms with Gasteiger partial charge in [-0.1, -0.05) is 48.5 Å². The second-order valence-corrected chi connectivity index (χ2v) is 7.08. The van der Waals surface area contributed by atoms with Crippen molar-refractivity contribution in [2.24, 2.45) is 0 Å². The molecule has 4 rings (SSSR count). The van der Waals surface area contributed by atoms with Gasteiger partial charge in [0.1, 0.15) is 17.2 Å². The Kier molecular flexibility index (Phi) is 5.06. The first-order valence-corrected chi connectivity index (χ1v) is 9.46. The molecule has 150 valence electrons. The molecule has 0 unspecified atom stereocenters. The molecule has 0 aliphatic heterocycles. The fourth-order valence-corrected chi connectivity index (χ4v) is 3.34. The molecule has 30 heavy (non-hydrogen) atoms. The average Bonchev–Trinajstić information content (AvgIpc) is 3.14. The van der Waals surface area contributed by atoms with Gasteiger partial charge in [-0.15, -0.1) is 0 Å². The largest absolute Gasteiger partial charge is 0.478 e. The van der Waals surface area contributed by atoms with E-state index >= 15 is 0 Å². The number of nitrogens with one attached hydrogen (secondary N) is 1. The second-order valence-electron chi connectivity index (χ2n) is 7.08. The third kappa shape index (κ3) is 3.67. The maximum Gasteiger partial charge on any atom is 0.340 e. The van der Waals surface area contributed by atoms with Crippen LogP contribution in [-0.2, 0) is 0 Å². The molecule has 0 fully saturated rings. The van der Waals surface area contributed by atoms with Gasteiger partial charge in [0.05, 0.1) is 17.1 Å². The van der Waals surface area contributed by atoms with Crippen molar-refractivity contribution >= 4 is 17.5 Å². The Morgan fingerprint density at radius 1 is 1.00 bits per heavy atom. The van der Waals surface area contributed by atoms with E-state index in [1.807, 2.05) is 68.4 Å². The van der Waals surface area contributed by atoms with Gasteiger partial charge in [0.15, 0.2) is 0 Å². The highest BCUT2D eigenvalue weighted by Gasteiger charge is 2.19. The standard InChI is InChI=1S/C24H20FN3O2/c1-15-11-12-16(2)21(13-15)28-22(14-20(27-28)17-7-4-3-5-8-17)26-19-10-6-9-18(25)23(19)24(29)30/h3-14,26H,1-2H3,(H,29,30). The van der Waals surface area contributed by atoms with Crippen molar-refractivity contribution in [3.63, 3.8) is 0 Å². The minimum absolute atomic E-state index is 0.161. The van der Waals surface area contributed by atoms with E-state index in [0.29, 0.717) is 11.5 Å². The predicted octanol–water partition coefficient (Wildman–Crippen LogP) is 5.74. The highest BCUT2D eigenvalue weighted by molar-refractivity contribution is 5.95. The third-order valence-corrected chi connectivity index (χ3v) is 4.86. The van der Waals surface area contributed by atoms with E-state index in [0.717, 1.165) is 28.4 Å². The van der Waals surface area contributed by atoms with Crippen molar-refractivity contribution in [3.05, 3.63) is 95.3 Å². The molecule has 0 aliphatic carbocycles. The summed E-state index contributed by atoms with van der Waals surface area (Å²) in [5.41, 5.74) is 4.31. The topological polar surface area (TPSA) is 67.2 Å². The van der Waals surface area contributed by atoms with Crippen molar-refractivity contribution in [2.45, 2.75) is 13.8 Å². The van der Waals surface area contributed by atoms with E-state index in [2.05, 4.69) is 5.32 Å². The van der Waals surface area contributed by atoms with Crippen molar-refractivity contribution in [2.75, 3.05) is 5.32 Å². The number of halogens is 1. The van der Waals surface area contributed by atoms with Crippen LogP contribution in [-0.4, -0.2) is 20.9 Å². The van der Waals surface area contributed by atoms with Crippen LogP contribution in [0.25, 0.3) is 16.9 Å². The fourth-order valence-electron chi connectivity index (χ4n) is 3.34. The van der Waals surface area contributed by atoms with Crippen LogP contribution in [0, 0.1) is 19.7 Å². The molecule has 4 aromatic rings. The molecule has 0 atom stereocenters. The Morgan fingerprint density at radius 3 is 2.50 bits per heavy atom. The summed E-state index contributed by atoms with van der Waals surface area (Å²) in [6.45, 7) is 3.97. The highest BCUT2D eigenvalue weighted by Crippen LogP contribution is 2.30. The maximum absolute atomic E-state index is 14.2. The van der Waals surface area contributed by atoms with Gasteiger partial charge >= 0.3 is 5.97 Å². The number of aryl methyl sites for hydroxylation is 2. The minimum Gasteiger partial charge on any atom is -0.478 e. The van der Waals surface area contributed by atoms with E-state index in [-0.39, 0.29) is 5.69 Å². The molecule has 0 bridgehead atoms. The average molecular weight is 401 g/mol. The highest BCUT2D eigenvalue weighted by atomic mass is 19.1. The molecule has 0 aliphatic rings. The lowest BCUT2D eigenvalue weighted by Crippen LogP contribution is -2.09. The van der Waals surface area contributed by atoms with E-state index in [1.165, 1.54) is 12.1 Å².